The maximum absolute atomic E-state index is 11.9. The van der Waals surface area contributed by atoms with Gasteiger partial charge in [0.2, 0.25) is 0 Å². The van der Waals surface area contributed by atoms with Crippen LogP contribution >= 0.6 is 11.6 Å². The highest BCUT2D eigenvalue weighted by atomic mass is 35.5. The number of aliphatic hydroxyl groups is 1. The van der Waals surface area contributed by atoms with E-state index in [9.17, 15) is 9.90 Å². The van der Waals surface area contributed by atoms with E-state index < -0.39 is 18.1 Å². The fraction of sp³-hybridized carbons (Fsp3) is 0.235. The van der Waals surface area contributed by atoms with Crippen molar-refractivity contribution in [3.63, 3.8) is 0 Å². The fourth-order valence-corrected chi connectivity index (χ4v) is 2.60. The third kappa shape index (κ3) is 3.59. The summed E-state index contributed by atoms with van der Waals surface area (Å²) in [5, 5.41) is 13.5. The van der Waals surface area contributed by atoms with Gasteiger partial charge in [-0.25, -0.2) is 0 Å². The molecule has 0 heterocycles. The molecule has 0 aromatic heterocycles. The highest BCUT2D eigenvalue weighted by Gasteiger charge is 2.30. The smallest absolute Gasteiger partial charge is 0.251 e. The predicted octanol–water partition coefficient (Wildman–Crippen LogP) is 2.62. The molecule has 0 aliphatic carbocycles. The van der Waals surface area contributed by atoms with Crippen LogP contribution in [0.1, 0.15) is 11.6 Å². The SMILES string of the molecule is CNC(=O)C(O)C(c1ccccc1)N(C)c1cccc(Cl)c1. The van der Waals surface area contributed by atoms with Crippen molar-refractivity contribution in [1.82, 2.24) is 5.32 Å². The first-order valence-corrected chi connectivity index (χ1v) is 7.35. The number of aliphatic hydroxyl groups excluding tert-OH is 1. The molecule has 1 amide bonds. The average Bonchev–Trinajstić information content (AvgIpc) is 2.55. The van der Waals surface area contributed by atoms with Crippen LogP contribution in [0.15, 0.2) is 54.6 Å². The molecule has 0 saturated carbocycles. The standard InChI is InChI=1S/C17H19ClN2O2/c1-19-17(22)16(21)15(12-7-4-3-5-8-12)20(2)14-10-6-9-13(18)11-14/h3-11,15-16,21H,1-2H3,(H,19,22). The van der Waals surface area contributed by atoms with Gasteiger partial charge in [-0.05, 0) is 23.8 Å². The minimum Gasteiger partial charge on any atom is -0.381 e. The number of nitrogens with one attached hydrogen (secondary N) is 1. The molecular formula is C17H19ClN2O2. The van der Waals surface area contributed by atoms with Crippen molar-refractivity contribution in [3.8, 4) is 0 Å². The summed E-state index contributed by atoms with van der Waals surface area (Å²) in [7, 11) is 3.34. The first kappa shape index (κ1) is 16.3. The van der Waals surface area contributed by atoms with Crippen LogP contribution in [0, 0.1) is 0 Å². The molecule has 22 heavy (non-hydrogen) atoms. The summed E-state index contributed by atoms with van der Waals surface area (Å²) < 4.78 is 0. The van der Waals surface area contributed by atoms with Gasteiger partial charge < -0.3 is 15.3 Å². The highest BCUT2D eigenvalue weighted by Crippen LogP contribution is 2.30. The Kier molecular flexibility index (Phi) is 5.41. The van der Waals surface area contributed by atoms with Gasteiger partial charge in [0.1, 0.15) is 0 Å². The third-order valence-electron chi connectivity index (χ3n) is 3.59. The zero-order valence-electron chi connectivity index (χ0n) is 12.5. The Morgan fingerprint density at radius 3 is 2.45 bits per heavy atom. The van der Waals surface area contributed by atoms with Crippen LogP contribution in [0.3, 0.4) is 0 Å². The van der Waals surface area contributed by atoms with Gasteiger partial charge in [0, 0.05) is 24.8 Å². The molecule has 0 spiro atoms. The molecule has 0 aliphatic rings. The van der Waals surface area contributed by atoms with Crippen LogP contribution in [0.2, 0.25) is 5.02 Å². The lowest BCUT2D eigenvalue weighted by Crippen LogP contribution is -2.43. The zero-order valence-corrected chi connectivity index (χ0v) is 13.3. The van der Waals surface area contributed by atoms with Gasteiger partial charge in [-0.3, -0.25) is 4.79 Å². The second-order valence-corrected chi connectivity index (χ2v) is 5.44. The highest BCUT2D eigenvalue weighted by molar-refractivity contribution is 6.30. The van der Waals surface area contributed by atoms with Crippen molar-refractivity contribution in [2.75, 3.05) is 19.0 Å². The number of benzene rings is 2. The van der Waals surface area contributed by atoms with Gasteiger partial charge >= 0.3 is 0 Å². The van der Waals surface area contributed by atoms with E-state index in [-0.39, 0.29) is 0 Å². The van der Waals surface area contributed by atoms with Crippen LogP contribution in [-0.2, 0) is 4.79 Å². The summed E-state index contributed by atoms with van der Waals surface area (Å²) in [5.41, 5.74) is 1.67. The Morgan fingerprint density at radius 1 is 1.18 bits per heavy atom. The van der Waals surface area contributed by atoms with Crippen LogP contribution in [-0.4, -0.2) is 31.2 Å². The summed E-state index contributed by atoms with van der Waals surface area (Å²) in [5.74, 6) is -0.428. The van der Waals surface area contributed by atoms with E-state index in [2.05, 4.69) is 5.32 Å². The quantitative estimate of drug-likeness (QED) is 0.891. The molecule has 0 fully saturated rings. The zero-order chi connectivity index (χ0) is 16.1. The molecule has 0 aliphatic heterocycles. The van der Waals surface area contributed by atoms with Crippen molar-refractivity contribution < 1.29 is 9.90 Å². The summed E-state index contributed by atoms with van der Waals surface area (Å²) in [6.07, 6.45) is -1.20. The molecule has 4 nitrogen and oxygen atoms in total. The number of amides is 1. The number of likely N-dealkylation sites (N-methyl/N-ethyl adjacent to an activating group) is 2. The molecule has 5 heteroatoms. The Labute approximate surface area is 135 Å². The normalized spacial score (nSPS) is 13.3. The summed E-state index contributed by atoms with van der Waals surface area (Å²) in [6.45, 7) is 0. The first-order chi connectivity index (χ1) is 10.5. The van der Waals surface area contributed by atoms with E-state index in [0.717, 1.165) is 11.3 Å². The fourth-order valence-electron chi connectivity index (χ4n) is 2.42. The van der Waals surface area contributed by atoms with Crippen LogP contribution in [0.4, 0.5) is 5.69 Å². The minimum absolute atomic E-state index is 0.428. The van der Waals surface area contributed by atoms with Crippen molar-refractivity contribution in [2.24, 2.45) is 0 Å². The predicted molar refractivity (Wildman–Crippen MR) is 89.1 cm³/mol. The van der Waals surface area contributed by atoms with Crippen LogP contribution in [0.25, 0.3) is 0 Å². The molecule has 0 radical (unpaired) electrons. The summed E-state index contributed by atoms with van der Waals surface area (Å²) in [4.78, 5) is 13.8. The molecule has 2 aromatic rings. The van der Waals surface area contributed by atoms with E-state index in [1.54, 1.807) is 12.1 Å². The van der Waals surface area contributed by atoms with Gasteiger partial charge in [0.25, 0.3) is 5.91 Å². The lowest BCUT2D eigenvalue weighted by Gasteiger charge is -2.33. The molecule has 2 rings (SSSR count). The van der Waals surface area contributed by atoms with Gasteiger partial charge in [-0.15, -0.1) is 0 Å². The molecule has 2 unspecified atom stereocenters. The van der Waals surface area contributed by atoms with Crippen molar-refractivity contribution in [2.45, 2.75) is 12.1 Å². The number of carbonyl (C=O) groups excluding carboxylic acids is 1. The van der Waals surface area contributed by atoms with Crippen molar-refractivity contribution in [3.05, 3.63) is 65.2 Å². The number of rotatable bonds is 5. The Hall–Kier alpha value is -2.04. The molecule has 2 aromatic carbocycles. The number of halogens is 1. The van der Waals surface area contributed by atoms with Crippen LogP contribution in [0.5, 0.6) is 0 Å². The second-order valence-electron chi connectivity index (χ2n) is 5.01. The Balaban J connectivity index is 2.42. The monoisotopic (exact) mass is 318 g/mol. The van der Waals surface area contributed by atoms with E-state index in [4.69, 9.17) is 11.6 Å². The molecule has 0 saturated heterocycles. The summed E-state index contributed by atoms with van der Waals surface area (Å²) in [6, 6.07) is 16.2. The number of nitrogens with zero attached hydrogens (tertiary/aromatic N) is 1. The van der Waals surface area contributed by atoms with Gasteiger partial charge in [-0.2, -0.15) is 0 Å². The number of hydrogen-bond donors (Lipinski definition) is 2. The molecule has 2 N–H and O–H groups in total. The maximum atomic E-state index is 11.9. The Morgan fingerprint density at radius 2 is 1.86 bits per heavy atom. The van der Waals surface area contributed by atoms with Gasteiger partial charge in [-0.1, -0.05) is 48.0 Å². The molecule has 0 bridgehead atoms. The Bertz CT molecular complexity index is 634. The lowest BCUT2D eigenvalue weighted by molar-refractivity contribution is -0.129. The number of anilines is 1. The second kappa shape index (κ2) is 7.29. The largest absolute Gasteiger partial charge is 0.381 e. The van der Waals surface area contributed by atoms with E-state index in [0.29, 0.717) is 5.02 Å². The van der Waals surface area contributed by atoms with Crippen LogP contribution < -0.4 is 10.2 Å². The minimum atomic E-state index is -1.20. The van der Waals surface area contributed by atoms with Crippen molar-refractivity contribution in [1.29, 1.82) is 0 Å². The van der Waals surface area contributed by atoms with Crippen molar-refractivity contribution >= 4 is 23.2 Å². The van der Waals surface area contributed by atoms with E-state index in [1.165, 1.54) is 7.05 Å². The molecular weight excluding hydrogens is 300 g/mol. The maximum Gasteiger partial charge on any atom is 0.251 e. The van der Waals surface area contributed by atoms with Gasteiger partial charge in [0.15, 0.2) is 6.10 Å². The summed E-state index contributed by atoms with van der Waals surface area (Å²) >= 11 is 6.04. The average molecular weight is 319 g/mol. The topological polar surface area (TPSA) is 52.6 Å². The molecule has 2 atom stereocenters. The van der Waals surface area contributed by atoms with E-state index in [1.807, 2.05) is 54.4 Å². The third-order valence-corrected chi connectivity index (χ3v) is 3.82. The van der Waals surface area contributed by atoms with E-state index >= 15 is 0 Å². The number of carbonyl (C=O) groups is 1. The first-order valence-electron chi connectivity index (χ1n) is 6.97. The molecule has 116 valence electrons. The van der Waals surface area contributed by atoms with Gasteiger partial charge in [0.05, 0.1) is 6.04 Å². The number of hydrogen-bond acceptors (Lipinski definition) is 3. The lowest BCUT2D eigenvalue weighted by atomic mass is 9.98.